The largest absolute Gasteiger partial charge is 0.399 e. The van der Waals surface area contributed by atoms with Crippen LogP contribution in [-0.2, 0) is 11.2 Å². The zero-order valence-corrected chi connectivity index (χ0v) is 7.49. The van der Waals surface area contributed by atoms with Gasteiger partial charge in [-0.2, -0.15) is 0 Å². The molecule has 0 radical (unpaired) electrons. The average molecular weight is 175 g/mol. The minimum atomic E-state index is 0.349. The Hall–Kier alpha value is -1.31. The maximum Gasteiger partial charge on any atom is 0.140 e. The van der Waals surface area contributed by atoms with Crippen molar-refractivity contribution in [3.8, 4) is 0 Å². The van der Waals surface area contributed by atoms with Crippen LogP contribution in [0.3, 0.4) is 0 Å². The highest BCUT2D eigenvalue weighted by atomic mass is 16.1. The fourth-order valence-corrected chi connectivity index (χ4v) is 1.45. The Morgan fingerprint density at radius 3 is 2.85 bits per heavy atom. The normalized spacial score (nSPS) is 15.7. The Bertz CT molecular complexity index is 329. The second kappa shape index (κ2) is 3.21. The summed E-state index contributed by atoms with van der Waals surface area (Å²) < 4.78 is 0. The summed E-state index contributed by atoms with van der Waals surface area (Å²) in [6.45, 7) is 0. The number of nitrogens with two attached hydrogens (primary N) is 1. The minimum Gasteiger partial charge on any atom is -0.399 e. The Morgan fingerprint density at radius 2 is 2.23 bits per heavy atom. The van der Waals surface area contributed by atoms with E-state index in [1.54, 1.807) is 0 Å². The molecule has 0 unspecified atom stereocenters. The fourth-order valence-electron chi connectivity index (χ4n) is 1.45. The molecule has 0 saturated heterocycles. The quantitative estimate of drug-likeness (QED) is 0.712. The summed E-state index contributed by atoms with van der Waals surface area (Å²) in [6.07, 6.45) is 2.72. The van der Waals surface area contributed by atoms with Crippen LogP contribution in [0.1, 0.15) is 18.4 Å². The SMILES string of the molecule is Nc1cccc(CC(=O)C2CC2)c1. The number of hydrogen-bond donors (Lipinski definition) is 1. The fraction of sp³-hybridized carbons (Fsp3) is 0.364. The lowest BCUT2D eigenvalue weighted by atomic mass is 10.1. The molecule has 0 amide bonds. The molecule has 13 heavy (non-hydrogen) atoms. The first-order valence-corrected chi connectivity index (χ1v) is 4.63. The molecule has 68 valence electrons. The third-order valence-electron chi connectivity index (χ3n) is 2.36. The van der Waals surface area contributed by atoms with Gasteiger partial charge in [-0.1, -0.05) is 12.1 Å². The Morgan fingerprint density at radius 1 is 1.46 bits per heavy atom. The third-order valence-corrected chi connectivity index (χ3v) is 2.36. The van der Waals surface area contributed by atoms with Crippen molar-refractivity contribution >= 4 is 11.5 Å². The van der Waals surface area contributed by atoms with E-state index in [-0.39, 0.29) is 0 Å². The zero-order chi connectivity index (χ0) is 9.26. The smallest absolute Gasteiger partial charge is 0.140 e. The average Bonchev–Trinajstić information content (AvgIpc) is 2.85. The summed E-state index contributed by atoms with van der Waals surface area (Å²) in [5, 5.41) is 0. The van der Waals surface area contributed by atoms with Gasteiger partial charge in [-0.15, -0.1) is 0 Å². The first kappa shape index (κ1) is 8.30. The first-order valence-electron chi connectivity index (χ1n) is 4.63. The van der Waals surface area contributed by atoms with E-state index in [0.29, 0.717) is 18.1 Å². The number of Topliss-reactive ketones (excluding diaryl/α,β-unsaturated/α-hetero) is 1. The highest BCUT2D eigenvalue weighted by Gasteiger charge is 2.28. The van der Waals surface area contributed by atoms with Gasteiger partial charge in [0.25, 0.3) is 0 Å². The van der Waals surface area contributed by atoms with Crippen LogP contribution in [0.2, 0.25) is 0 Å². The topological polar surface area (TPSA) is 43.1 Å². The molecule has 1 aromatic rings. The van der Waals surface area contributed by atoms with E-state index in [4.69, 9.17) is 5.73 Å². The standard InChI is InChI=1S/C11H13NO/c12-10-3-1-2-8(6-10)7-11(13)9-4-5-9/h1-3,6,9H,4-5,7,12H2. The molecule has 2 heteroatoms. The van der Waals surface area contributed by atoms with E-state index >= 15 is 0 Å². The summed E-state index contributed by atoms with van der Waals surface area (Å²) in [5.74, 6) is 0.715. The molecule has 1 fully saturated rings. The molecule has 2 nitrogen and oxygen atoms in total. The molecule has 0 aliphatic heterocycles. The van der Waals surface area contributed by atoms with Crippen molar-refractivity contribution in [2.24, 2.45) is 5.92 Å². The molecule has 1 aliphatic rings. The van der Waals surface area contributed by atoms with Crippen molar-refractivity contribution in [2.45, 2.75) is 19.3 Å². The van der Waals surface area contributed by atoms with Crippen LogP contribution in [0.4, 0.5) is 5.69 Å². The maximum atomic E-state index is 11.4. The lowest BCUT2D eigenvalue weighted by molar-refractivity contribution is -0.119. The van der Waals surface area contributed by atoms with Gasteiger partial charge in [0.2, 0.25) is 0 Å². The molecule has 0 bridgehead atoms. The van der Waals surface area contributed by atoms with E-state index in [2.05, 4.69) is 0 Å². The van der Waals surface area contributed by atoms with Crippen molar-refractivity contribution in [1.82, 2.24) is 0 Å². The van der Waals surface area contributed by atoms with Crippen molar-refractivity contribution in [2.75, 3.05) is 5.73 Å². The minimum absolute atomic E-state index is 0.349. The summed E-state index contributed by atoms with van der Waals surface area (Å²) in [6, 6.07) is 7.56. The monoisotopic (exact) mass is 175 g/mol. The summed E-state index contributed by atoms with van der Waals surface area (Å²) >= 11 is 0. The summed E-state index contributed by atoms with van der Waals surface area (Å²) in [7, 11) is 0. The molecule has 0 heterocycles. The van der Waals surface area contributed by atoms with E-state index in [1.165, 1.54) is 0 Å². The van der Waals surface area contributed by atoms with Crippen molar-refractivity contribution < 1.29 is 4.79 Å². The van der Waals surface area contributed by atoms with E-state index in [1.807, 2.05) is 24.3 Å². The van der Waals surface area contributed by atoms with Gasteiger partial charge < -0.3 is 5.73 Å². The van der Waals surface area contributed by atoms with Gasteiger partial charge in [-0.05, 0) is 30.5 Å². The molecule has 1 saturated carbocycles. The van der Waals surface area contributed by atoms with Gasteiger partial charge in [0.1, 0.15) is 5.78 Å². The van der Waals surface area contributed by atoms with Crippen LogP contribution >= 0.6 is 0 Å². The zero-order valence-electron chi connectivity index (χ0n) is 7.49. The van der Waals surface area contributed by atoms with E-state index in [0.717, 1.165) is 24.1 Å². The van der Waals surface area contributed by atoms with Crippen LogP contribution in [0.5, 0.6) is 0 Å². The van der Waals surface area contributed by atoms with Crippen LogP contribution in [-0.4, -0.2) is 5.78 Å². The van der Waals surface area contributed by atoms with Gasteiger partial charge in [-0.25, -0.2) is 0 Å². The lowest BCUT2D eigenvalue weighted by Crippen LogP contribution is -2.04. The van der Waals surface area contributed by atoms with Crippen LogP contribution in [0.15, 0.2) is 24.3 Å². The van der Waals surface area contributed by atoms with Crippen molar-refractivity contribution in [1.29, 1.82) is 0 Å². The third kappa shape index (κ3) is 2.08. The molecule has 2 N–H and O–H groups in total. The highest BCUT2D eigenvalue weighted by Crippen LogP contribution is 2.30. The van der Waals surface area contributed by atoms with Crippen LogP contribution in [0, 0.1) is 5.92 Å². The Balaban J connectivity index is 2.04. The predicted octanol–water partition coefficient (Wildman–Crippen LogP) is 1.79. The summed E-state index contributed by atoms with van der Waals surface area (Å²) in [4.78, 5) is 11.4. The molecule has 1 aliphatic carbocycles. The van der Waals surface area contributed by atoms with Gasteiger partial charge >= 0.3 is 0 Å². The number of rotatable bonds is 3. The Kier molecular flexibility index (Phi) is 2.05. The highest BCUT2D eigenvalue weighted by molar-refractivity contribution is 5.85. The summed E-state index contributed by atoms with van der Waals surface area (Å²) in [5.41, 5.74) is 7.39. The molecule has 2 rings (SSSR count). The van der Waals surface area contributed by atoms with Gasteiger partial charge in [-0.3, -0.25) is 4.79 Å². The Labute approximate surface area is 77.8 Å². The number of hydrogen-bond acceptors (Lipinski definition) is 2. The number of benzene rings is 1. The van der Waals surface area contributed by atoms with E-state index < -0.39 is 0 Å². The van der Waals surface area contributed by atoms with Crippen molar-refractivity contribution in [3.05, 3.63) is 29.8 Å². The second-order valence-electron chi connectivity index (χ2n) is 3.66. The lowest BCUT2D eigenvalue weighted by Gasteiger charge is -2.00. The molecule has 1 aromatic carbocycles. The van der Waals surface area contributed by atoms with Gasteiger partial charge in [0.05, 0.1) is 0 Å². The molecule has 0 atom stereocenters. The predicted molar refractivity (Wildman–Crippen MR) is 52.3 cm³/mol. The number of carbonyl (C=O) groups excluding carboxylic acids is 1. The van der Waals surface area contributed by atoms with Gasteiger partial charge in [0, 0.05) is 18.0 Å². The van der Waals surface area contributed by atoms with E-state index in [9.17, 15) is 4.79 Å². The van der Waals surface area contributed by atoms with Gasteiger partial charge in [0.15, 0.2) is 0 Å². The second-order valence-corrected chi connectivity index (χ2v) is 3.66. The number of anilines is 1. The first-order chi connectivity index (χ1) is 6.25. The number of carbonyl (C=O) groups is 1. The number of ketones is 1. The molecular formula is C11H13NO. The molecule has 0 spiro atoms. The van der Waals surface area contributed by atoms with Crippen LogP contribution in [0.25, 0.3) is 0 Å². The molecular weight excluding hydrogens is 162 g/mol. The van der Waals surface area contributed by atoms with Crippen molar-refractivity contribution in [3.63, 3.8) is 0 Å². The number of nitrogen functional groups attached to an aromatic ring is 1. The molecule has 0 aromatic heterocycles. The maximum absolute atomic E-state index is 11.4. The van der Waals surface area contributed by atoms with Crippen LogP contribution < -0.4 is 5.73 Å².